The molecule has 1 aliphatic heterocycles. The van der Waals surface area contributed by atoms with Crippen LogP contribution < -0.4 is 4.72 Å². The van der Waals surface area contributed by atoms with Gasteiger partial charge in [-0.2, -0.15) is 8.78 Å². The summed E-state index contributed by atoms with van der Waals surface area (Å²) in [5.41, 5.74) is -3.85. The van der Waals surface area contributed by atoms with Crippen LogP contribution in [0.3, 0.4) is 0 Å². The summed E-state index contributed by atoms with van der Waals surface area (Å²) in [5.74, 6) is -7.69. The highest BCUT2D eigenvalue weighted by Crippen LogP contribution is 2.56. The summed E-state index contributed by atoms with van der Waals surface area (Å²) in [6, 6.07) is 3.82. The second-order valence-electron chi connectivity index (χ2n) is 9.81. The molecule has 1 saturated carbocycles. The van der Waals surface area contributed by atoms with Crippen LogP contribution in [0.25, 0.3) is 11.1 Å². The molecule has 0 aromatic heterocycles. The van der Waals surface area contributed by atoms with Crippen LogP contribution in [0.4, 0.5) is 26.3 Å². The maximum Gasteiger partial charge on any atom is 0.350 e. The van der Waals surface area contributed by atoms with Crippen LogP contribution in [-0.2, 0) is 21.2 Å². The smallest absolute Gasteiger partial charge is 0.350 e. The third-order valence-corrected chi connectivity index (χ3v) is 8.06. The second kappa shape index (κ2) is 9.59. The first-order valence-electron chi connectivity index (χ1n) is 11.3. The average molecular weight is 551 g/mol. The number of nitrogens with one attached hydrogen (secondary N) is 1. The van der Waals surface area contributed by atoms with Crippen LogP contribution in [0.5, 0.6) is 0 Å². The van der Waals surface area contributed by atoms with Crippen molar-refractivity contribution in [2.24, 2.45) is 5.41 Å². The third kappa shape index (κ3) is 5.21. The Labute approximate surface area is 209 Å². The van der Waals surface area contributed by atoms with Crippen molar-refractivity contribution < 1.29 is 44.7 Å². The predicted octanol–water partition coefficient (Wildman–Crippen LogP) is 3.54. The maximum absolute atomic E-state index is 15.6. The molecule has 0 radical (unpaired) electrons. The van der Waals surface area contributed by atoms with E-state index in [1.165, 1.54) is 18.2 Å². The number of rotatable bonds is 8. The zero-order chi connectivity index (χ0) is 27.3. The van der Waals surface area contributed by atoms with Gasteiger partial charge in [0.2, 0.25) is 0 Å². The molecule has 13 heteroatoms. The van der Waals surface area contributed by atoms with Crippen LogP contribution in [0.2, 0.25) is 0 Å². The van der Waals surface area contributed by atoms with Gasteiger partial charge in [0, 0.05) is 29.6 Å². The van der Waals surface area contributed by atoms with E-state index in [1.54, 1.807) is 0 Å². The van der Waals surface area contributed by atoms with Crippen molar-refractivity contribution in [3.63, 3.8) is 0 Å². The lowest BCUT2D eigenvalue weighted by atomic mass is 9.91. The molecule has 2 aliphatic rings. The number of hydrogen-bond acceptors (Lipinski definition) is 4. The van der Waals surface area contributed by atoms with Crippen molar-refractivity contribution >= 4 is 15.9 Å². The van der Waals surface area contributed by atoms with Crippen molar-refractivity contribution in [3.05, 3.63) is 59.4 Å². The summed E-state index contributed by atoms with van der Waals surface area (Å²) < 4.78 is 109. The molecule has 2 aromatic carbocycles. The summed E-state index contributed by atoms with van der Waals surface area (Å²) in [7, 11) is -5.13. The topological polar surface area (TPSA) is 86.7 Å². The first kappa shape index (κ1) is 27.4. The summed E-state index contributed by atoms with van der Waals surface area (Å²) in [6.07, 6.45) is 0.295. The number of amides is 1. The fourth-order valence-electron chi connectivity index (χ4n) is 4.92. The lowest BCUT2D eigenvalue weighted by Crippen LogP contribution is -2.55. The Kier molecular flexibility index (Phi) is 7.10. The number of carbonyl (C=O) groups is 1. The van der Waals surface area contributed by atoms with Crippen molar-refractivity contribution in [3.8, 4) is 11.1 Å². The minimum Gasteiger partial charge on any atom is -0.378 e. The van der Waals surface area contributed by atoms with E-state index in [9.17, 15) is 40.3 Å². The van der Waals surface area contributed by atoms with Crippen molar-refractivity contribution in [2.45, 2.75) is 49.6 Å². The standard InChI is InChI=1S/C24H24F6N2O4S/c1-23(34,11-25)21(33)32-12-24(5-6-24)20(31-37(35,36)22(29)30)18(32)9-13-3-2-4-17(19(13)28)14-7-15(26)10-16(27)8-14/h2-4,7-8,10,18,20,22,31,34H,5-6,9,11-12H2,1H3/t18-,20+,23-/m0/s1. The molecule has 4 rings (SSSR count). The van der Waals surface area contributed by atoms with Crippen molar-refractivity contribution in [2.75, 3.05) is 13.2 Å². The van der Waals surface area contributed by atoms with Gasteiger partial charge in [-0.15, -0.1) is 0 Å². The largest absolute Gasteiger partial charge is 0.378 e. The van der Waals surface area contributed by atoms with E-state index in [2.05, 4.69) is 0 Å². The lowest BCUT2D eigenvalue weighted by Gasteiger charge is -2.33. The van der Waals surface area contributed by atoms with Gasteiger partial charge < -0.3 is 10.0 Å². The van der Waals surface area contributed by atoms with Crippen LogP contribution in [0.15, 0.2) is 36.4 Å². The molecular weight excluding hydrogens is 526 g/mol. The highest BCUT2D eigenvalue weighted by Gasteiger charge is 2.62. The number of carbonyl (C=O) groups excluding carboxylic acids is 1. The molecular formula is C24H24F6N2O4S. The SMILES string of the molecule is C[C@](O)(CF)C(=O)N1CC2(CC2)[C@H](NS(=O)(=O)C(F)F)[C@@H]1Cc1cccc(-c2cc(F)cc(F)c2)c1F. The van der Waals surface area contributed by atoms with E-state index in [0.717, 1.165) is 24.0 Å². The third-order valence-electron chi connectivity index (χ3n) is 7.01. The van der Waals surface area contributed by atoms with Gasteiger partial charge in [0.05, 0.1) is 6.04 Å². The monoisotopic (exact) mass is 550 g/mol. The molecule has 3 atom stereocenters. The molecule has 202 valence electrons. The number of hydrogen-bond donors (Lipinski definition) is 2. The van der Waals surface area contributed by atoms with Gasteiger partial charge in [0.25, 0.3) is 15.9 Å². The van der Waals surface area contributed by atoms with Gasteiger partial charge in [0.15, 0.2) is 5.60 Å². The lowest BCUT2D eigenvalue weighted by molar-refractivity contribution is -0.152. The van der Waals surface area contributed by atoms with E-state index >= 15 is 4.39 Å². The van der Waals surface area contributed by atoms with Crippen molar-refractivity contribution in [1.82, 2.24) is 9.62 Å². The van der Waals surface area contributed by atoms with Gasteiger partial charge in [0.1, 0.15) is 24.1 Å². The zero-order valence-corrected chi connectivity index (χ0v) is 20.3. The molecule has 2 aromatic rings. The van der Waals surface area contributed by atoms with E-state index in [4.69, 9.17) is 0 Å². The fourth-order valence-corrected chi connectivity index (χ4v) is 5.78. The molecule has 0 unspecified atom stereocenters. The minimum atomic E-state index is -5.13. The number of sulfonamides is 1. The summed E-state index contributed by atoms with van der Waals surface area (Å²) in [5, 5.41) is 10.3. The molecule has 1 spiro atoms. The maximum atomic E-state index is 15.6. The van der Waals surface area contributed by atoms with Gasteiger partial charge in [-0.05, 0) is 49.4 Å². The van der Waals surface area contributed by atoms with E-state index < -0.39 is 75.3 Å². The van der Waals surface area contributed by atoms with Gasteiger partial charge >= 0.3 is 5.76 Å². The number of likely N-dealkylation sites (tertiary alicyclic amines) is 1. The van der Waals surface area contributed by atoms with E-state index in [1.807, 2.05) is 4.72 Å². The molecule has 2 N–H and O–H groups in total. The van der Waals surface area contributed by atoms with Gasteiger partial charge in [-0.1, -0.05) is 18.2 Å². The van der Waals surface area contributed by atoms with E-state index in [0.29, 0.717) is 18.9 Å². The first-order valence-corrected chi connectivity index (χ1v) is 12.9. The van der Waals surface area contributed by atoms with Gasteiger partial charge in [-0.3, -0.25) is 4.79 Å². The molecule has 1 saturated heterocycles. The average Bonchev–Trinajstić information content (AvgIpc) is 3.54. The predicted molar refractivity (Wildman–Crippen MR) is 121 cm³/mol. The molecule has 1 heterocycles. The Morgan fingerprint density at radius 2 is 1.81 bits per heavy atom. The van der Waals surface area contributed by atoms with E-state index in [-0.39, 0.29) is 23.2 Å². The highest BCUT2D eigenvalue weighted by molar-refractivity contribution is 7.89. The van der Waals surface area contributed by atoms with Crippen LogP contribution in [0, 0.1) is 22.9 Å². The van der Waals surface area contributed by atoms with Crippen LogP contribution >= 0.6 is 0 Å². The second-order valence-corrected chi connectivity index (χ2v) is 11.5. The summed E-state index contributed by atoms with van der Waals surface area (Å²) >= 11 is 0. The molecule has 0 bridgehead atoms. The Balaban J connectivity index is 1.77. The first-order chi connectivity index (χ1) is 17.2. The Morgan fingerprint density at radius 1 is 1.19 bits per heavy atom. The summed E-state index contributed by atoms with van der Waals surface area (Å²) in [4.78, 5) is 14.0. The number of alkyl halides is 3. The Hall–Kier alpha value is -2.64. The summed E-state index contributed by atoms with van der Waals surface area (Å²) in [6.45, 7) is -0.716. The fraction of sp³-hybridized carbons (Fsp3) is 0.458. The molecule has 2 fully saturated rings. The zero-order valence-electron chi connectivity index (χ0n) is 19.5. The molecule has 1 aliphatic carbocycles. The highest BCUT2D eigenvalue weighted by atomic mass is 32.2. The quantitative estimate of drug-likeness (QED) is 0.493. The van der Waals surface area contributed by atoms with Crippen LogP contribution in [0.1, 0.15) is 25.3 Å². The number of aliphatic hydroxyl groups is 1. The normalized spacial score (nSPS) is 22.5. The molecule has 1 amide bonds. The van der Waals surface area contributed by atoms with Crippen LogP contribution in [-0.4, -0.2) is 61.0 Å². The Morgan fingerprint density at radius 3 is 2.35 bits per heavy atom. The number of nitrogens with zero attached hydrogens (tertiary/aromatic N) is 1. The van der Waals surface area contributed by atoms with Gasteiger partial charge in [-0.25, -0.2) is 30.7 Å². The molecule has 6 nitrogen and oxygen atoms in total. The number of benzene rings is 2. The Bertz CT molecular complexity index is 1300. The van der Waals surface area contributed by atoms with Crippen molar-refractivity contribution in [1.29, 1.82) is 0 Å². The minimum absolute atomic E-state index is 0.108. The molecule has 37 heavy (non-hydrogen) atoms. The number of halogens is 6.